The Morgan fingerprint density at radius 3 is 2.50 bits per heavy atom. The van der Waals surface area contributed by atoms with Gasteiger partial charge < -0.3 is 24.5 Å². The van der Waals surface area contributed by atoms with Crippen molar-refractivity contribution in [2.75, 3.05) is 67.0 Å². The van der Waals surface area contributed by atoms with Gasteiger partial charge in [-0.1, -0.05) is 6.42 Å². The van der Waals surface area contributed by atoms with Gasteiger partial charge in [0.15, 0.2) is 11.9 Å². The maximum absolute atomic E-state index is 8.29. The Labute approximate surface area is 182 Å². The predicted molar refractivity (Wildman–Crippen MR) is 124 cm³/mol. The van der Waals surface area contributed by atoms with E-state index in [1.165, 1.54) is 44.0 Å². The van der Waals surface area contributed by atoms with Gasteiger partial charge in [0.25, 0.3) is 0 Å². The first-order chi connectivity index (χ1) is 14.5. The van der Waals surface area contributed by atoms with Crippen LogP contribution in [0.5, 0.6) is 0 Å². The minimum atomic E-state index is 0.437. The monoisotopic (exact) mass is 416 g/mol. The van der Waals surface area contributed by atoms with Crippen LogP contribution in [0.25, 0.3) is 0 Å². The molecule has 0 radical (unpaired) electrons. The van der Waals surface area contributed by atoms with Crippen molar-refractivity contribution >= 4 is 17.8 Å². The molecule has 0 amide bonds. The topological polar surface area (TPSA) is 64.8 Å². The number of hydrogen-bond acceptors (Lipinski definition) is 6. The van der Waals surface area contributed by atoms with E-state index < -0.39 is 0 Å². The van der Waals surface area contributed by atoms with Crippen molar-refractivity contribution < 1.29 is 0 Å². The van der Waals surface area contributed by atoms with Crippen molar-refractivity contribution in [3.63, 3.8) is 0 Å². The molecule has 30 heavy (non-hydrogen) atoms. The lowest BCUT2D eigenvalue weighted by atomic mass is 10.0. The lowest BCUT2D eigenvalue weighted by Gasteiger charge is -2.49. The van der Waals surface area contributed by atoms with Crippen molar-refractivity contribution in [2.24, 2.45) is 9.98 Å². The molecule has 168 valence electrons. The normalized spacial score (nSPS) is 26.8. The first kappa shape index (κ1) is 21.2. The second kappa shape index (κ2) is 9.43. The summed E-state index contributed by atoms with van der Waals surface area (Å²) >= 11 is 0. The first-order valence-corrected chi connectivity index (χ1v) is 11.9. The van der Waals surface area contributed by atoms with Crippen LogP contribution in [0.1, 0.15) is 44.9 Å². The first-order valence-electron chi connectivity index (χ1n) is 11.9. The molecule has 0 aromatic rings. The number of nitrogens with zero attached hydrogens (tertiary/aromatic N) is 7. The van der Waals surface area contributed by atoms with Crippen LogP contribution in [0.15, 0.2) is 9.98 Å². The third-order valence-electron chi connectivity index (χ3n) is 7.04. The van der Waals surface area contributed by atoms with E-state index in [2.05, 4.69) is 19.6 Å². The minimum absolute atomic E-state index is 0.437. The highest BCUT2D eigenvalue weighted by Crippen LogP contribution is 2.26. The van der Waals surface area contributed by atoms with E-state index in [1.54, 1.807) is 0 Å². The molecule has 0 bridgehead atoms. The van der Waals surface area contributed by atoms with Crippen molar-refractivity contribution in [3.05, 3.63) is 0 Å². The number of fused-ring (bicyclic) bond motifs is 2. The van der Waals surface area contributed by atoms with E-state index in [1.807, 2.05) is 26.0 Å². The molecule has 0 spiro atoms. The number of hydrogen-bond donors (Lipinski definition) is 1. The maximum Gasteiger partial charge on any atom is 0.196 e. The third-order valence-corrected chi connectivity index (χ3v) is 7.04. The molecule has 8 nitrogen and oxygen atoms in total. The van der Waals surface area contributed by atoms with Crippen LogP contribution in [0.2, 0.25) is 0 Å². The SMILES string of the molecule is CN(C)C(=N)N(C)CC1CCN(CC2CCCCC3=NCCCN32)C2=NCCCN21. The fraction of sp³-hybridized carbons (Fsp3) is 0.864. The Bertz CT molecular complexity index is 672. The number of guanidine groups is 2. The van der Waals surface area contributed by atoms with Gasteiger partial charge in [0.1, 0.15) is 0 Å². The highest BCUT2D eigenvalue weighted by molar-refractivity contribution is 5.84. The van der Waals surface area contributed by atoms with Crippen LogP contribution >= 0.6 is 0 Å². The van der Waals surface area contributed by atoms with Crippen LogP contribution in [0.4, 0.5) is 0 Å². The van der Waals surface area contributed by atoms with Crippen LogP contribution in [-0.4, -0.2) is 121 Å². The average Bonchev–Trinajstić information content (AvgIpc) is 2.97. The molecule has 2 unspecified atom stereocenters. The van der Waals surface area contributed by atoms with Crippen molar-refractivity contribution in [2.45, 2.75) is 57.0 Å². The molecule has 0 aromatic heterocycles. The van der Waals surface area contributed by atoms with Gasteiger partial charge in [-0.2, -0.15) is 0 Å². The molecular weight excluding hydrogens is 376 g/mol. The molecule has 4 rings (SSSR count). The second-order valence-electron chi connectivity index (χ2n) is 9.46. The molecule has 0 saturated carbocycles. The summed E-state index contributed by atoms with van der Waals surface area (Å²) < 4.78 is 0. The van der Waals surface area contributed by atoms with Crippen molar-refractivity contribution in [3.8, 4) is 0 Å². The standard InChI is InChI=1S/C22H40N8/c1-26(2)21(23)27(3)16-19-10-15-28(22-25-12-7-14-30(19)22)17-18-8-4-5-9-20-24-11-6-13-29(18)20/h18-19,23H,4-17H2,1-3H3. The Kier molecular flexibility index (Phi) is 6.68. The number of nitrogens with one attached hydrogen (secondary N) is 1. The van der Waals surface area contributed by atoms with Gasteiger partial charge in [-0.3, -0.25) is 15.4 Å². The molecule has 0 aliphatic carbocycles. The Balaban J connectivity index is 1.44. The number of amidine groups is 1. The zero-order chi connectivity index (χ0) is 21.1. The molecule has 4 aliphatic heterocycles. The zero-order valence-corrected chi connectivity index (χ0v) is 19.2. The maximum atomic E-state index is 8.29. The van der Waals surface area contributed by atoms with Gasteiger partial charge >= 0.3 is 0 Å². The van der Waals surface area contributed by atoms with Gasteiger partial charge in [-0.15, -0.1) is 0 Å². The Hall–Kier alpha value is -1.99. The van der Waals surface area contributed by atoms with Crippen LogP contribution in [-0.2, 0) is 0 Å². The van der Waals surface area contributed by atoms with Crippen LogP contribution < -0.4 is 0 Å². The summed E-state index contributed by atoms with van der Waals surface area (Å²) in [7, 11) is 5.93. The van der Waals surface area contributed by atoms with Gasteiger partial charge in [0.2, 0.25) is 0 Å². The molecule has 4 heterocycles. The summed E-state index contributed by atoms with van der Waals surface area (Å²) in [6.45, 7) is 7.25. The van der Waals surface area contributed by atoms with Crippen molar-refractivity contribution in [1.82, 2.24) is 24.5 Å². The largest absolute Gasteiger partial charge is 0.356 e. The van der Waals surface area contributed by atoms with E-state index in [-0.39, 0.29) is 0 Å². The lowest BCUT2D eigenvalue weighted by Crippen LogP contribution is -2.62. The van der Waals surface area contributed by atoms with Crippen LogP contribution in [0, 0.1) is 5.41 Å². The summed E-state index contributed by atoms with van der Waals surface area (Å²) in [4.78, 5) is 21.6. The van der Waals surface area contributed by atoms with E-state index in [4.69, 9.17) is 15.4 Å². The van der Waals surface area contributed by atoms with E-state index in [0.717, 1.165) is 58.5 Å². The average molecular weight is 417 g/mol. The molecular formula is C22H40N8. The Morgan fingerprint density at radius 2 is 1.70 bits per heavy atom. The smallest absolute Gasteiger partial charge is 0.196 e. The van der Waals surface area contributed by atoms with Crippen LogP contribution in [0.3, 0.4) is 0 Å². The summed E-state index contributed by atoms with van der Waals surface area (Å²) in [5.41, 5.74) is 0. The van der Waals surface area contributed by atoms with Gasteiger partial charge in [-0.05, 0) is 32.1 Å². The number of aliphatic imine (C=N–C) groups is 2. The van der Waals surface area contributed by atoms with Gasteiger partial charge in [0.05, 0.1) is 11.9 Å². The van der Waals surface area contributed by atoms with E-state index >= 15 is 0 Å². The Morgan fingerprint density at radius 1 is 0.933 bits per heavy atom. The van der Waals surface area contributed by atoms with Crippen molar-refractivity contribution in [1.29, 1.82) is 5.41 Å². The van der Waals surface area contributed by atoms with E-state index in [9.17, 15) is 0 Å². The predicted octanol–water partition coefficient (Wildman–Crippen LogP) is 1.60. The highest BCUT2D eigenvalue weighted by atomic mass is 15.4. The van der Waals surface area contributed by atoms with Gasteiger partial charge in [-0.25, -0.2) is 0 Å². The number of likely N-dealkylation sites (N-methyl/N-ethyl adjacent to an activating group) is 1. The number of rotatable bonds is 4. The molecule has 2 fully saturated rings. The third kappa shape index (κ3) is 4.52. The molecule has 2 atom stereocenters. The van der Waals surface area contributed by atoms with Gasteiger partial charge in [0, 0.05) is 79.4 Å². The molecule has 2 saturated heterocycles. The molecule has 0 aromatic carbocycles. The second-order valence-corrected chi connectivity index (χ2v) is 9.46. The minimum Gasteiger partial charge on any atom is -0.356 e. The molecule has 8 heteroatoms. The highest BCUT2D eigenvalue weighted by Gasteiger charge is 2.36. The fourth-order valence-corrected chi connectivity index (χ4v) is 5.45. The quantitative estimate of drug-likeness (QED) is 0.557. The summed E-state index contributed by atoms with van der Waals surface area (Å²) in [6, 6.07) is 1.01. The summed E-state index contributed by atoms with van der Waals surface area (Å²) in [5, 5.41) is 8.29. The summed E-state index contributed by atoms with van der Waals surface area (Å²) in [6.07, 6.45) is 8.49. The summed E-state index contributed by atoms with van der Waals surface area (Å²) in [5.74, 6) is 3.15. The fourth-order valence-electron chi connectivity index (χ4n) is 5.45. The molecule has 1 N–H and O–H groups in total. The van der Waals surface area contributed by atoms with E-state index in [0.29, 0.717) is 18.0 Å². The lowest BCUT2D eigenvalue weighted by molar-refractivity contribution is 0.138. The molecule has 4 aliphatic rings. The zero-order valence-electron chi connectivity index (χ0n) is 19.2.